The maximum absolute atomic E-state index is 14.0. The van der Waals surface area contributed by atoms with Gasteiger partial charge in [-0.1, -0.05) is 0 Å². The van der Waals surface area contributed by atoms with E-state index in [2.05, 4.69) is 9.88 Å². The molecule has 0 atom stereocenters. The highest BCUT2D eigenvalue weighted by Gasteiger charge is 2.33. The predicted molar refractivity (Wildman–Crippen MR) is 111 cm³/mol. The van der Waals surface area contributed by atoms with Crippen molar-refractivity contribution in [3.05, 3.63) is 53.7 Å². The molecule has 1 aromatic heterocycles. The van der Waals surface area contributed by atoms with Gasteiger partial charge < -0.3 is 9.80 Å². The van der Waals surface area contributed by atoms with Crippen LogP contribution < -0.4 is 4.90 Å². The Bertz CT molecular complexity index is 1070. The number of benzene rings is 1. The van der Waals surface area contributed by atoms with Gasteiger partial charge in [0.15, 0.2) is 0 Å². The first-order chi connectivity index (χ1) is 14.9. The highest BCUT2D eigenvalue weighted by molar-refractivity contribution is 7.89. The van der Waals surface area contributed by atoms with Gasteiger partial charge in [0, 0.05) is 45.5 Å². The molecule has 0 N–H and O–H groups in total. The van der Waals surface area contributed by atoms with Crippen LogP contribution in [0.15, 0.2) is 41.4 Å². The number of halogens is 2. The summed E-state index contributed by atoms with van der Waals surface area (Å²) in [4.78, 5) is 20.6. The van der Waals surface area contributed by atoms with E-state index in [1.807, 2.05) is 0 Å². The average Bonchev–Trinajstić information content (AvgIpc) is 2.81. The van der Waals surface area contributed by atoms with E-state index in [9.17, 15) is 22.0 Å². The average molecular weight is 451 g/mol. The molecule has 1 aromatic carbocycles. The van der Waals surface area contributed by atoms with Crippen LogP contribution in [0.3, 0.4) is 0 Å². The Morgan fingerprint density at radius 1 is 0.935 bits per heavy atom. The Morgan fingerprint density at radius 2 is 1.65 bits per heavy atom. The third kappa shape index (κ3) is 4.40. The molecule has 2 saturated heterocycles. The number of piperazine rings is 1. The summed E-state index contributed by atoms with van der Waals surface area (Å²) >= 11 is 0. The number of carbonyl (C=O) groups excluding carboxylic acids is 1. The molecule has 10 heteroatoms. The lowest BCUT2D eigenvalue weighted by atomic mass is 10.1. The number of rotatable bonds is 4. The Balaban J connectivity index is 1.48. The zero-order valence-corrected chi connectivity index (χ0v) is 17.8. The maximum atomic E-state index is 14.0. The molecule has 0 bridgehead atoms. The topological polar surface area (TPSA) is 73.8 Å². The standard InChI is InChI=1S/C21H24F2N4O3S/c22-16-6-7-18(23)19(15-16)31(29,30)27-13-11-26(12-14-27)21(28)17-5-4-8-24-20(17)25-9-2-1-3-10-25/h4-8,15H,1-3,9-14H2. The number of pyridine rings is 1. The van der Waals surface area contributed by atoms with Gasteiger partial charge in [-0.3, -0.25) is 4.79 Å². The number of aromatic nitrogens is 1. The van der Waals surface area contributed by atoms with Crippen LogP contribution in [0.25, 0.3) is 0 Å². The smallest absolute Gasteiger partial charge is 0.257 e. The number of hydrogen-bond acceptors (Lipinski definition) is 5. The Kier molecular flexibility index (Phi) is 6.19. The summed E-state index contributed by atoms with van der Waals surface area (Å²) in [6.07, 6.45) is 4.93. The largest absolute Gasteiger partial charge is 0.356 e. The molecule has 3 heterocycles. The molecule has 1 amide bonds. The molecule has 0 spiro atoms. The number of amides is 1. The van der Waals surface area contributed by atoms with E-state index in [0.717, 1.165) is 48.8 Å². The Morgan fingerprint density at radius 3 is 2.35 bits per heavy atom. The zero-order chi connectivity index (χ0) is 22.0. The van der Waals surface area contributed by atoms with E-state index in [4.69, 9.17) is 0 Å². The lowest BCUT2D eigenvalue weighted by Gasteiger charge is -2.35. The number of anilines is 1. The number of piperidine rings is 1. The van der Waals surface area contributed by atoms with Crippen LogP contribution in [-0.2, 0) is 10.0 Å². The normalized spacial score (nSPS) is 18.3. The van der Waals surface area contributed by atoms with Crippen LogP contribution in [0.4, 0.5) is 14.6 Å². The molecule has 2 aliphatic heterocycles. The second-order valence-electron chi connectivity index (χ2n) is 7.69. The summed E-state index contributed by atoms with van der Waals surface area (Å²) < 4.78 is 54.1. The van der Waals surface area contributed by atoms with Gasteiger partial charge in [0.1, 0.15) is 22.3 Å². The second kappa shape index (κ2) is 8.88. The van der Waals surface area contributed by atoms with Crippen LogP contribution in [-0.4, -0.2) is 67.8 Å². The minimum atomic E-state index is -4.19. The minimum absolute atomic E-state index is 0.00331. The van der Waals surface area contributed by atoms with Crippen LogP contribution in [0.1, 0.15) is 29.6 Å². The van der Waals surface area contributed by atoms with Crippen molar-refractivity contribution in [1.29, 1.82) is 0 Å². The fourth-order valence-corrected chi connectivity index (χ4v) is 5.54. The van der Waals surface area contributed by atoms with Gasteiger partial charge in [-0.15, -0.1) is 0 Å². The summed E-state index contributed by atoms with van der Waals surface area (Å²) in [5, 5.41) is 0. The van der Waals surface area contributed by atoms with Crippen LogP contribution in [0.2, 0.25) is 0 Å². The summed E-state index contributed by atoms with van der Waals surface area (Å²) in [6, 6.07) is 5.81. The zero-order valence-electron chi connectivity index (χ0n) is 17.0. The highest BCUT2D eigenvalue weighted by atomic mass is 32.2. The first-order valence-electron chi connectivity index (χ1n) is 10.3. The van der Waals surface area contributed by atoms with Crippen LogP contribution in [0.5, 0.6) is 0 Å². The lowest BCUT2D eigenvalue weighted by molar-refractivity contribution is 0.0698. The van der Waals surface area contributed by atoms with Gasteiger partial charge in [-0.25, -0.2) is 22.2 Å². The van der Waals surface area contributed by atoms with Crippen molar-refractivity contribution < 1.29 is 22.0 Å². The SMILES string of the molecule is O=C(c1cccnc1N1CCCCC1)N1CCN(S(=O)(=O)c2cc(F)ccc2F)CC1. The van der Waals surface area contributed by atoms with Gasteiger partial charge in [0.05, 0.1) is 5.56 Å². The van der Waals surface area contributed by atoms with E-state index in [1.54, 1.807) is 23.2 Å². The predicted octanol–water partition coefficient (Wildman–Crippen LogP) is 2.50. The van der Waals surface area contributed by atoms with Crippen molar-refractivity contribution in [2.45, 2.75) is 24.2 Å². The van der Waals surface area contributed by atoms with E-state index in [-0.39, 0.29) is 32.1 Å². The molecule has 0 saturated carbocycles. The van der Waals surface area contributed by atoms with Crippen molar-refractivity contribution in [2.24, 2.45) is 0 Å². The molecule has 166 valence electrons. The molecule has 31 heavy (non-hydrogen) atoms. The summed E-state index contributed by atoms with van der Waals surface area (Å²) in [5.41, 5.74) is 0.497. The van der Waals surface area contributed by atoms with Gasteiger partial charge in [-0.05, 0) is 49.6 Å². The minimum Gasteiger partial charge on any atom is -0.356 e. The molecule has 7 nitrogen and oxygen atoms in total. The maximum Gasteiger partial charge on any atom is 0.257 e. The molecular weight excluding hydrogens is 426 g/mol. The molecular formula is C21H24F2N4O3S. The van der Waals surface area contributed by atoms with Gasteiger partial charge in [0.2, 0.25) is 10.0 Å². The van der Waals surface area contributed by atoms with Crippen LogP contribution in [0, 0.1) is 11.6 Å². The molecule has 2 fully saturated rings. The first kappa shape index (κ1) is 21.6. The van der Waals surface area contributed by atoms with Crippen molar-refractivity contribution in [3.63, 3.8) is 0 Å². The van der Waals surface area contributed by atoms with Gasteiger partial charge in [0.25, 0.3) is 5.91 Å². The first-order valence-corrected chi connectivity index (χ1v) is 11.8. The van der Waals surface area contributed by atoms with Crippen LogP contribution >= 0.6 is 0 Å². The van der Waals surface area contributed by atoms with Crippen molar-refractivity contribution in [2.75, 3.05) is 44.2 Å². The third-order valence-corrected chi connectivity index (χ3v) is 7.62. The third-order valence-electron chi connectivity index (χ3n) is 5.71. The molecule has 4 rings (SSSR count). The number of carbonyl (C=O) groups is 1. The molecule has 0 aliphatic carbocycles. The highest BCUT2D eigenvalue weighted by Crippen LogP contribution is 2.25. The molecule has 2 aromatic rings. The fraction of sp³-hybridized carbons (Fsp3) is 0.429. The number of sulfonamides is 1. The van der Waals surface area contributed by atoms with E-state index < -0.39 is 26.6 Å². The number of hydrogen-bond donors (Lipinski definition) is 0. The Labute approximate surface area is 180 Å². The lowest BCUT2D eigenvalue weighted by Crippen LogP contribution is -2.50. The number of nitrogens with zero attached hydrogens (tertiary/aromatic N) is 4. The van der Waals surface area contributed by atoms with Gasteiger partial charge >= 0.3 is 0 Å². The fourth-order valence-electron chi connectivity index (χ4n) is 4.04. The summed E-state index contributed by atoms with van der Waals surface area (Å²) in [7, 11) is -4.19. The molecule has 2 aliphatic rings. The quantitative estimate of drug-likeness (QED) is 0.716. The van der Waals surface area contributed by atoms with Crippen molar-refractivity contribution in [1.82, 2.24) is 14.2 Å². The van der Waals surface area contributed by atoms with E-state index >= 15 is 0 Å². The second-order valence-corrected chi connectivity index (χ2v) is 9.60. The van der Waals surface area contributed by atoms with E-state index in [0.29, 0.717) is 17.4 Å². The van der Waals surface area contributed by atoms with Gasteiger partial charge in [-0.2, -0.15) is 4.31 Å². The summed E-state index contributed by atoms with van der Waals surface area (Å²) in [6.45, 7) is 2.02. The molecule has 0 unspecified atom stereocenters. The van der Waals surface area contributed by atoms with Crippen molar-refractivity contribution >= 4 is 21.7 Å². The monoisotopic (exact) mass is 450 g/mol. The summed E-state index contributed by atoms with van der Waals surface area (Å²) in [5.74, 6) is -1.37. The van der Waals surface area contributed by atoms with E-state index in [1.165, 1.54) is 0 Å². The van der Waals surface area contributed by atoms with Crippen molar-refractivity contribution in [3.8, 4) is 0 Å². The Hall–Kier alpha value is -2.59. The molecule has 0 radical (unpaired) electrons.